The Bertz CT molecular complexity index is 316. The van der Waals surface area contributed by atoms with Gasteiger partial charge in [-0.15, -0.1) is 0 Å². The Morgan fingerprint density at radius 3 is 2.53 bits per heavy atom. The van der Waals surface area contributed by atoms with Crippen LogP contribution >= 0.6 is 0 Å². The number of hydrogen-bond donors (Lipinski definition) is 1. The number of rotatable bonds is 2. The third kappa shape index (κ3) is 2.57. The Morgan fingerprint density at radius 2 is 1.93 bits per heavy atom. The average Bonchev–Trinajstić information content (AvgIpc) is 2.29. The minimum absolute atomic E-state index is 0.108. The van der Waals surface area contributed by atoms with Crippen LogP contribution in [0.4, 0.5) is 4.39 Å². The number of nitrogens with one attached hydrogen (secondary N) is 1. The average molecular weight is 207 g/mol. The standard InChI is InChI=1S/C13H18FN/c1-15-13-7-5-10(6-8-13)11-3-2-4-12(14)9-11/h2-4,9-10,13,15H,5-8H2,1H3. The zero-order chi connectivity index (χ0) is 10.7. The maximum atomic E-state index is 13.1. The highest BCUT2D eigenvalue weighted by Gasteiger charge is 2.21. The molecule has 1 nitrogen and oxygen atoms in total. The summed E-state index contributed by atoms with van der Waals surface area (Å²) in [5.74, 6) is 0.452. The van der Waals surface area contributed by atoms with Crippen molar-refractivity contribution in [2.75, 3.05) is 7.05 Å². The van der Waals surface area contributed by atoms with Gasteiger partial charge < -0.3 is 5.32 Å². The molecule has 0 amide bonds. The molecule has 15 heavy (non-hydrogen) atoms. The van der Waals surface area contributed by atoms with Crippen LogP contribution in [-0.4, -0.2) is 13.1 Å². The van der Waals surface area contributed by atoms with Gasteiger partial charge in [-0.25, -0.2) is 4.39 Å². The highest BCUT2D eigenvalue weighted by molar-refractivity contribution is 5.21. The van der Waals surface area contributed by atoms with Gasteiger partial charge in [0.25, 0.3) is 0 Å². The molecule has 1 aromatic rings. The molecule has 2 heteroatoms. The van der Waals surface area contributed by atoms with E-state index in [1.165, 1.54) is 37.3 Å². The van der Waals surface area contributed by atoms with E-state index in [0.717, 1.165) is 0 Å². The predicted octanol–water partition coefficient (Wildman–Crippen LogP) is 3.07. The molecule has 0 atom stereocenters. The summed E-state index contributed by atoms with van der Waals surface area (Å²) < 4.78 is 13.1. The van der Waals surface area contributed by atoms with E-state index in [9.17, 15) is 4.39 Å². The SMILES string of the molecule is CNC1CCC(c2cccc(F)c2)CC1. The lowest BCUT2D eigenvalue weighted by molar-refractivity contribution is 0.358. The molecule has 0 unspecified atom stereocenters. The topological polar surface area (TPSA) is 12.0 Å². The van der Waals surface area contributed by atoms with E-state index in [-0.39, 0.29) is 5.82 Å². The van der Waals surface area contributed by atoms with E-state index in [4.69, 9.17) is 0 Å². The van der Waals surface area contributed by atoms with Crippen LogP contribution in [0.15, 0.2) is 24.3 Å². The first-order valence-electron chi connectivity index (χ1n) is 5.72. The number of hydrogen-bond acceptors (Lipinski definition) is 1. The largest absolute Gasteiger partial charge is 0.317 e. The molecule has 1 saturated carbocycles. The van der Waals surface area contributed by atoms with Crippen molar-refractivity contribution < 1.29 is 4.39 Å². The Balaban J connectivity index is 2.01. The lowest BCUT2D eigenvalue weighted by atomic mass is 9.82. The monoisotopic (exact) mass is 207 g/mol. The quantitative estimate of drug-likeness (QED) is 0.786. The Hall–Kier alpha value is -0.890. The van der Waals surface area contributed by atoms with Gasteiger partial charge in [0.15, 0.2) is 0 Å². The fourth-order valence-electron chi connectivity index (χ4n) is 2.48. The Kier molecular flexibility index (Phi) is 3.37. The molecule has 1 aliphatic rings. The molecule has 2 rings (SSSR count). The van der Waals surface area contributed by atoms with Crippen molar-refractivity contribution in [3.05, 3.63) is 35.6 Å². The maximum absolute atomic E-state index is 13.1. The molecule has 0 bridgehead atoms. The van der Waals surface area contributed by atoms with Gasteiger partial charge in [-0.05, 0) is 56.3 Å². The van der Waals surface area contributed by atoms with Gasteiger partial charge in [-0.1, -0.05) is 12.1 Å². The molecular weight excluding hydrogens is 189 g/mol. The van der Waals surface area contributed by atoms with Gasteiger partial charge >= 0.3 is 0 Å². The molecule has 0 heterocycles. The van der Waals surface area contributed by atoms with Crippen LogP contribution in [0.1, 0.15) is 37.2 Å². The van der Waals surface area contributed by atoms with Crippen molar-refractivity contribution in [1.29, 1.82) is 0 Å². The summed E-state index contributed by atoms with van der Waals surface area (Å²) in [4.78, 5) is 0. The first kappa shape index (κ1) is 10.6. The molecule has 1 aliphatic carbocycles. The highest BCUT2D eigenvalue weighted by Crippen LogP contribution is 2.32. The summed E-state index contributed by atoms with van der Waals surface area (Å²) >= 11 is 0. The van der Waals surface area contributed by atoms with E-state index in [2.05, 4.69) is 5.32 Å². The summed E-state index contributed by atoms with van der Waals surface area (Å²) in [6, 6.07) is 7.73. The third-order valence-corrected chi connectivity index (χ3v) is 3.46. The van der Waals surface area contributed by atoms with E-state index in [0.29, 0.717) is 12.0 Å². The smallest absolute Gasteiger partial charge is 0.123 e. The van der Waals surface area contributed by atoms with Crippen LogP contribution in [-0.2, 0) is 0 Å². The van der Waals surface area contributed by atoms with E-state index >= 15 is 0 Å². The van der Waals surface area contributed by atoms with Gasteiger partial charge in [0.1, 0.15) is 5.82 Å². The lowest BCUT2D eigenvalue weighted by Crippen LogP contribution is -2.29. The molecular formula is C13H18FN. The van der Waals surface area contributed by atoms with Gasteiger partial charge in [0.05, 0.1) is 0 Å². The molecule has 0 radical (unpaired) electrons. The summed E-state index contributed by atoms with van der Waals surface area (Å²) in [6.07, 6.45) is 4.76. The predicted molar refractivity (Wildman–Crippen MR) is 60.5 cm³/mol. The zero-order valence-electron chi connectivity index (χ0n) is 9.17. The Labute approximate surface area is 90.7 Å². The molecule has 82 valence electrons. The van der Waals surface area contributed by atoms with Crippen molar-refractivity contribution in [3.8, 4) is 0 Å². The van der Waals surface area contributed by atoms with E-state index in [1.807, 2.05) is 19.2 Å². The Morgan fingerprint density at radius 1 is 1.20 bits per heavy atom. The zero-order valence-corrected chi connectivity index (χ0v) is 9.17. The molecule has 0 aromatic heterocycles. The maximum Gasteiger partial charge on any atom is 0.123 e. The second-order valence-corrected chi connectivity index (χ2v) is 4.39. The first-order valence-corrected chi connectivity index (χ1v) is 5.72. The van der Waals surface area contributed by atoms with Crippen LogP contribution in [0, 0.1) is 5.82 Å². The molecule has 0 saturated heterocycles. The van der Waals surface area contributed by atoms with Crippen LogP contribution in [0.25, 0.3) is 0 Å². The molecule has 1 fully saturated rings. The minimum atomic E-state index is -0.108. The summed E-state index contributed by atoms with van der Waals surface area (Å²) in [5.41, 5.74) is 1.17. The first-order chi connectivity index (χ1) is 7.29. The fourth-order valence-corrected chi connectivity index (χ4v) is 2.48. The van der Waals surface area contributed by atoms with Gasteiger partial charge in [0.2, 0.25) is 0 Å². The molecule has 1 aromatic carbocycles. The van der Waals surface area contributed by atoms with Crippen molar-refractivity contribution in [2.45, 2.75) is 37.6 Å². The van der Waals surface area contributed by atoms with E-state index < -0.39 is 0 Å². The van der Waals surface area contributed by atoms with Crippen molar-refractivity contribution in [3.63, 3.8) is 0 Å². The lowest BCUT2D eigenvalue weighted by Gasteiger charge is -2.28. The summed E-state index contributed by atoms with van der Waals surface area (Å²) in [5, 5.41) is 3.31. The number of halogens is 1. The van der Waals surface area contributed by atoms with Crippen LogP contribution in [0.2, 0.25) is 0 Å². The third-order valence-electron chi connectivity index (χ3n) is 3.46. The molecule has 0 aliphatic heterocycles. The molecule has 1 N–H and O–H groups in total. The van der Waals surface area contributed by atoms with Gasteiger partial charge in [-0.3, -0.25) is 0 Å². The second kappa shape index (κ2) is 4.75. The van der Waals surface area contributed by atoms with Crippen LogP contribution in [0.3, 0.4) is 0 Å². The fraction of sp³-hybridized carbons (Fsp3) is 0.538. The van der Waals surface area contributed by atoms with Gasteiger partial charge in [0, 0.05) is 6.04 Å². The van der Waals surface area contributed by atoms with Crippen LogP contribution < -0.4 is 5.32 Å². The minimum Gasteiger partial charge on any atom is -0.317 e. The van der Waals surface area contributed by atoms with Crippen LogP contribution in [0.5, 0.6) is 0 Å². The van der Waals surface area contributed by atoms with Gasteiger partial charge in [-0.2, -0.15) is 0 Å². The summed E-state index contributed by atoms with van der Waals surface area (Å²) in [6.45, 7) is 0. The highest BCUT2D eigenvalue weighted by atomic mass is 19.1. The van der Waals surface area contributed by atoms with E-state index in [1.54, 1.807) is 6.07 Å². The van der Waals surface area contributed by atoms with Crippen molar-refractivity contribution >= 4 is 0 Å². The summed E-state index contributed by atoms with van der Waals surface area (Å²) in [7, 11) is 2.02. The van der Waals surface area contributed by atoms with Crippen molar-refractivity contribution in [2.24, 2.45) is 0 Å². The normalized spacial score (nSPS) is 26.5. The number of benzene rings is 1. The second-order valence-electron chi connectivity index (χ2n) is 4.39. The molecule has 0 spiro atoms. The van der Waals surface area contributed by atoms with Crippen molar-refractivity contribution in [1.82, 2.24) is 5.32 Å².